The molecule has 0 bridgehead atoms. The van der Waals surface area contributed by atoms with E-state index in [2.05, 4.69) is 34.3 Å². The molecule has 5 aromatic rings. The van der Waals surface area contributed by atoms with Crippen LogP contribution in [0.2, 0.25) is 10.0 Å². The van der Waals surface area contributed by atoms with Crippen molar-refractivity contribution >= 4 is 96.6 Å². The highest BCUT2D eigenvalue weighted by Gasteiger charge is 2.46. The molecule has 19 heteroatoms. The molecule has 0 radical (unpaired) electrons. The van der Waals surface area contributed by atoms with Crippen LogP contribution in [0.1, 0.15) is 198 Å². The molecule has 0 aliphatic carbocycles. The van der Waals surface area contributed by atoms with E-state index in [9.17, 15) is 32.9 Å². The molecule has 3 fully saturated rings. The fourth-order valence-corrected chi connectivity index (χ4v) is 16.4. The number of hydrogen-bond donors (Lipinski definition) is 0. The monoisotopic (exact) mass is 1330 g/mol. The second kappa shape index (κ2) is 33.2. The van der Waals surface area contributed by atoms with Crippen molar-refractivity contribution in [1.29, 1.82) is 0 Å². The van der Waals surface area contributed by atoms with Gasteiger partial charge in [-0.1, -0.05) is 178 Å². The van der Waals surface area contributed by atoms with Gasteiger partial charge in [-0.25, -0.2) is 0 Å². The van der Waals surface area contributed by atoms with Gasteiger partial charge >= 0.3 is 22.8 Å². The minimum absolute atomic E-state index is 0.0340. The second-order valence-corrected chi connectivity index (χ2v) is 29.4. The van der Waals surface area contributed by atoms with Gasteiger partial charge < -0.3 is 27.1 Å². The van der Waals surface area contributed by atoms with Gasteiger partial charge in [0, 0.05) is 65.4 Å². The third kappa shape index (κ3) is 17.3. The highest BCUT2D eigenvalue weighted by Crippen LogP contribution is 2.57. The average Bonchev–Trinajstić information content (AvgIpc) is 1.23. The van der Waals surface area contributed by atoms with Gasteiger partial charge in [0.25, 0.3) is 0 Å². The van der Waals surface area contributed by atoms with Crippen LogP contribution < -0.4 is 15.9 Å². The molecular weight excluding hydrogens is 1250 g/mol. The van der Waals surface area contributed by atoms with Crippen molar-refractivity contribution in [1.82, 2.24) is 0 Å². The van der Waals surface area contributed by atoms with Gasteiger partial charge in [-0.2, -0.15) is 0 Å². The summed E-state index contributed by atoms with van der Waals surface area (Å²) in [4.78, 5) is 54.1. The molecule has 1 unspecified atom stereocenters. The largest absolute Gasteiger partial charge is 0.362 e. The van der Waals surface area contributed by atoms with Crippen LogP contribution in [0.5, 0.6) is 0 Å². The Labute approximate surface area is 543 Å². The molecule has 0 spiro atoms. The molecule has 482 valence electrons. The van der Waals surface area contributed by atoms with Crippen LogP contribution in [-0.2, 0) is 40.8 Å². The van der Waals surface area contributed by atoms with Crippen molar-refractivity contribution in [3.05, 3.63) is 193 Å². The van der Waals surface area contributed by atoms with Gasteiger partial charge in [0.1, 0.15) is 0 Å². The number of carbonyl (C=O) groups excluding carboxylic acids is 4. The van der Waals surface area contributed by atoms with Crippen LogP contribution in [0.15, 0.2) is 138 Å². The zero-order valence-corrected chi connectivity index (χ0v) is 58.8. The SMILES string of the molecule is C=C/C(C)=C\C(C(=O)c1ccc(C(=O)c2ccc(P3(=O)OCC(CC)(CC)CO3)cc2)c(P2(=O)OCC(CC)(CC)CO2)c1C)=C(\Cl)CC.CC.CC.CCC1(CC)CCOP(=O)(c2ccc(C(=O)c3ccc(C(=O)c4cc(Cl)ccc4Cl)cc3)cc2)OC1. The number of halogens is 3. The standard InChI is InChI=1S/C38H49ClO8P2.C28H27Cl2O5P.2C2H6/c1-9-26(7)21-32(33(39)10-2)35(41)30-19-20-31(36(27(30)8)49(43)46-24-38(13-5,14-6)25-47-49)34(40)28-15-17-29(18-16-28)48(42)44-22-37(11-3,12-4)23-45-48;1-3-28(4-2)15-16-34-36(33,35-18-28)23-12-9-20(10-13-23)26(31)19-5-7-21(8-6-19)27(32)24-17-22(29)11-14-25(24)30;2*1-2/h9,15-21H,1,10-14,22-25H2,2-8H3;5-14,17H,3-4,15-16,18H2,1-2H3;2*1-2H3/b26-21-,33-32-;;;. The molecule has 0 N–H and O–H groups in total. The lowest BCUT2D eigenvalue weighted by Crippen LogP contribution is -2.37. The second-order valence-electron chi connectivity index (χ2n) is 22.1. The van der Waals surface area contributed by atoms with Gasteiger partial charge in [-0.15, -0.1) is 0 Å². The van der Waals surface area contributed by atoms with E-state index >= 15 is 0 Å². The first-order valence-corrected chi connectivity index (χ1v) is 36.6. The first kappa shape index (κ1) is 75.0. The summed E-state index contributed by atoms with van der Waals surface area (Å²) < 4.78 is 77.1. The fourth-order valence-electron chi connectivity index (χ4n) is 10.2. The van der Waals surface area contributed by atoms with Crippen LogP contribution >= 0.6 is 57.6 Å². The van der Waals surface area contributed by atoms with Crippen molar-refractivity contribution in [2.75, 3.05) is 39.6 Å². The predicted molar refractivity (Wildman–Crippen MR) is 363 cm³/mol. The van der Waals surface area contributed by atoms with Crippen molar-refractivity contribution in [2.24, 2.45) is 16.2 Å². The van der Waals surface area contributed by atoms with Crippen LogP contribution in [0, 0.1) is 23.2 Å². The molecule has 0 aromatic heterocycles. The molecular formula is C70H88Cl3O13P3. The normalized spacial score (nSPS) is 19.2. The van der Waals surface area contributed by atoms with E-state index in [0.717, 1.165) is 50.5 Å². The van der Waals surface area contributed by atoms with Gasteiger partial charge in [0.15, 0.2) is 23.1 Å². The number of carbonyl (C=O) groups is 4. The average molecular weight is 1340 g/mol. The highest BCUT2D eigenvalue weighted by molar-refractivity contribution is 7.63. The van der Waals surface area contributed by atoms with Crippen molar-refractivity contribution in [3.8, 4) is 0 Å². The lowest BCUT2D eigenvalue weighted by Gasteiger charge is -2.39. The van der Waals surface area contributed by atoms with Crippen LogP contribution in [0.25, 0.3) is 0 Å². The molecule has 13 nitrogen and oxygen atoms in total. The third-order valence-electron chi connectivity index (χ3n) is 17.3. The molecule has 3 aliphatic heterocycles. The fraction of sp³-hybridized carbons (Fsp3) is 0.429. The first-order chi connectivity index (χ1) is 42.4. The summed E-state index contributed by atoms with van der Waals surface area (Å²) in [5.74, 6) is -1.35. The summed E-state index contributed by atoms with van der Waals surface area (Å²) >= 11 is 18.7. The molecule has 1 atom stereocenters. The summed E-state index contributed by atoms with van der Waals surface area (Å²) in [6.45, 7) is 31.2. The smallest absolute Gasteiger partial charge is 0.305 e. The molecule has 0 saturated carbocycles. The van der Waals surface area contributed by atoms with E-state index in [1.54, 1.807) is 110 Å². The number of rotatable bonds is 20. The number of allylic oxidation sites excluding steroid dienone is 5. The molecule has 5 aromatic carbocycles. The Morgan fingerprint density at radius 3 is 1.33 bits per heavy atom. The highest BCUT2D eigenvalue weighted by atomic mass is 35.5. The number of benzene rings is 5. The molecule has 89 heavy (non-hydrogen) atoms. The van der Waals surface area contributed by atoms with E-state index in [-0.39, 0.29) is 74.4 Å². The molecule has 3 saturated heterocycles. The van der Waals surface area contributed by atoms with E-state index < -0.39 is 28.6 Å². The number of hydrogen-bond acceptors (Lipinski definition) is 13. The van der Waals surface area contributed by atoms with Gasteiger partial charge in [0.05, 0.1) is 60.6 Å². The van der Waals surface area contributed by atoms with E-state index in [0.29, 0.717) is 86.4 Å². The Kier molecular flexibility index (Phi) is 28.0. The van der Waals surface area contributed by atoms with E-state index in [1.807, 2.05) is 55.4 Å². The lowest BCUT2D eigenvalue weighted by molar-refractivity contribution is 0.0155. The van der Waals surface area contributed by atoms with Gasteiger partial charge in [-0.3, -0.25) is 32.9 Å². The van der Waals surface area contributed by atoms with Crippen LogP contribution in [0.3, 0.4) is 0 Å². The Balaban J connectivity index is 0.000000319. The maximum Gasteiger partial charge on any atom is 0.362 e. The van der Waals surface area contributed by atoms with E-state index in [4.69, 9.17) is 61.9 Å². The maximum atomic E-state index is 14.7. The van der Waals surface area contributed by atoms with Crippen LogP contribution in [-0.4, -0.2) is 62.8 Å². The minimum Gasteiger partial charge on any atom is -0.305 e. The topological polar surface area (TPSA) is 175 Å². The molecule has 0 amide bonds. The van der Waals surface area contributed by atoms with Gasteiger partial charge in [-0.05, 0) is 137 Å². The summed E-state index contributed by atoms with van der Waals surface area (Å²) in [5.41, 5.74) is 2.89. The zero-order valence-electron chi connectivity index (χ0n) is 53.9. The first-order valence-electron chi connectivity index (χ1n) is 30.9. The quantitative estimate of drug-likeness (QED) is 0.0312. The molecule has 3 aliphatic rings. The Hall–Kier alpha value is -4.68. The minimum atomic E-state index is -4.08. The van der Waals surface area contributed by atoms with Crippen molar-refractivity contribution in [3.63, 3.8) is 0 Å². The maximum absolute atomic E-state index is 14.7. The van der Waals surface area contributed by atoms with Gasteiger partial charge in [0.2, 0.25) is 0 Å². The molecule has 3 heterocycles. The van der Waals surface area contributed by atoms with E-state index in [1.165, 1.54) is 12.1 Å². The van der Waals surface area contributed by atoms with Crippen LogP contribution in [0.4, 0.5) is 0 Å². The summed E-state index contributed by atoms with van der Waals surface area (Å²) in [6, 6.07) is 26.8. The van der Waals surface area contributed by atoms with Crippen molar-refractivity contribution < 1.29 is 60.0 Å². The third-order valence-corrected chi connectivity index (χ3v) is 24.2. The Morgan fingerprint density at radius 1 is 0.517 bits per heavy atom. The summed E-state index contributed by atoms with van der Waals surface area (Å²) in [7, 11) is -11.1. The van der Waals surface area contributed by atoms with Crippen molar-refractivity contribution in [2.45, 2.75) is 141 Å². The predicted octanol–water partition coefficient (Wildman–Crippen LogP) is 19.4. The lowest BCUT2D eigenvalue weighted by atomic mass is 9.80. The molecule has 8 rings (SSSR count). The summed E-state index contributed by atoms with van der Waals surface area (Å²) in [6.07, 6.45) is 9.56. The number of ketones is 4. The zero-order chi connectivity index (χ0) is 66.1. The summed E-state index contributed by atoms with van der Waals surface area (Å²) in [5, 5.41) is 1.91. The number of Topliss-reactive ketones (excluding diaryl/α,β-unsaturated/α-hetero) is 1. The Bertz CT molecular complexity index is 3500. The Morgan fingerprint density at radius 2 is 0.899 bits per heavy atom.